The van der Waals surface area contributed by atoms with E-state index in [1.165, 1.54) is 13.0 Å². The van der Waals surface area contributed by atoms with Crippen molar-refractivity contribution in [2.24, 2.45) is 5.92 Å². The van der Waals surface area contributed by atoms with E-state index in [4.69, 9.17) is 0 Å². The van der Waals surface area contributed by atoms with Crippen LogP contribution in [0.3, 0.4) is 0 Å². The molecule has 0 radical (unpaired) electrons. The fourth-order valence-corrected chi connectivity index (χ4v) is 1.52. The average molecular weight is 157 g/mol. The number of likely N-dealkylation sites (tertiary alicyclic amines) is 1. The fourth-order valence-electron chi connectivity index (χ4n) is 1.52. The van der Waals surface area contributed by atoms with Crippen LogP contribution < -0.4 is 0 Å². The molecule has 1 rings (SSSR count). The molecule has 0 bridgehead atoms. The lowest BCUT2D eigenvalue weighted by atomic mass is 9.84. The van der Waals surface area contributed by atoms with E-state index in [0.717, 1.165) is 13.1 Å². The van der Waals surface area contributed by atoms with E-state index in [-0.39, 0.29) is 0 Å². The fraction of sp³-hybridized carbons (Fsp3) is 1.00. The Morgan fingerprint density at radius 3 is 2.36 bits per heavy atom. The molecule has 1 aliphatic heterocycles. The lowest BCUT2D eigenvalue weighted by Gasteiger charge is -2.45. The maximum atomic E-state index is 9.60. The third kappa shape index (κ3) is 2.17. The lowest BCUT2D eigenvalue weighted by molar-refractivity contribution is -0.0615. The van der Waals surface area contributed by atoms with Gasteiger partial charge in [0.15, 0.2) is 0 Å². The van der Waals surface area contributed by atoms with Crippen LogP contribution in [-0.4, -0.2) is 35.2 Å². The highest BCUT2D eigenvalue weighted by atomic mass is 16.3. The molecule has 2 nitrogen and oxygen atoms in total. The van der Waals surface area contributed by atoms with E-state index in [2.05, 4.69) is 11.8 Å². The summed E-state index contributed by atoms with van der Waals surface area (Å²) in [6.07, 6.45) is 1.22. The van der Waals surface area contributed by atoms with Gasteiger partial charge < -0.3 is 10.0 Å². The molecule has 0 atom stereocenters. The van der Waals surface area contributed by atoms with Crippen molar-refractivity contribution < 1.29 is 5.11 Å². The highest BCUT2D eigenvalue weighted by molar-refractivity contribution is 4.89. The summed E-state index contributed by atoms with van der Waals surface area (Å²) < 4.78 is 0. The van der Waals surface area contributed by atoms with Crippen LogP contribution in [0.1, 0.15) is 27.2 Å². The molecule has 11 heavy (non-hydrogen) atoms. The molecule has 1 fully saturated rings. The van der Waals surface area contributed by atoms with Crippen molar-refractivity contribution in [1.29, 1.82) is 0 Å². The molecule has 0 amide bonds. The van der Waals surface area contributed by atoms with E-state index in [9.17, 15) is 5.11 Å². The second-order valence-electron chi connectivity index (χ2n) is 4.11. The summed E-state index contributed by atoms with van der Waals surface area (Å²) >= 11 is 0. The van der Waals surface area contributed by atoms with Gasteiger partial charge in [-0.15, -0.1) is 0 Å². The first-order valence-corrected chi connectivity index (χ1v) is 4.48. The summed E-state index contributed by atoms with van der Waals surface area (Å²) in [6.45, 7) is 9.35. The Labute approximate surface area is 69.2 Å². The van der Waals surface area contributed by atoms with Crippen LogP contribution in [0.25, 0.3) is 0 Å². The zero-order chi connectivity index (χ0) is 8.48. The monoisotopic (exact) mass is 157 g/mol. The zero-order valence-corrected chi connectivity index (χ0v) is 7.80. The van der Waals surface area contributed by atoms with Gasteiger partial charge in [-0.05, 0) is 26.8 Å². The predicted molar refractivity (Wildman–Crippen MR) is 46.5 cm³/mol. The van der Waals surface area contributed by atoms with Crippen LogP contribution in [0, 0.1) is 5.92 Å². The molecule has 0 spiro atoms. The van der Waals surface area contributed by atoms with E-state index < -0.39 is 5.60 Å². The molecule has 66 valence electrons. The Hall–Kier alpha value is -0.0800. The maximum absolute atomic E-state index is 9.60. The van der Waals surface area contributed by atoms with E-state index >= 15 is 0 Å². The smallest absolute Gasteiger partial charge is 0.0644 e. The third-order valence-corrected chi connectivity index (χ3v) is 2.50. The second kappa shape index (κ2) is 3.11. The highest BCUT2D eigenvalue weighted by Gasteiger charge is 2.36. The van der Waals surface area contributed by atoms with E-state index in [0.29, 0.717) is 5.92 Å². The molecule has 0 aromatic carbocycles. The van der Waals surface area contributed by atoms with Crippen molar-refractivity contribution in [1.82, 2.24) is 4.90 Å². The molecular weight excluding hydrogens is 138 g/mol. The molecule has 1 N–H and O–H groups in total. The van der Waals surface area contributed by atoms with Crippen molar-refractivity contribution in [2.75, 3.05) is 19.6 Å². The van der Waals surface area contributed by atoms with Gasteiger partial charge in [0.1, 0.15) is 0 Å². The molecular formula is C9H19NO. The third-order valence-electron chi connectivity index (χ3n) is 2.50. The molecule has 0 aromatic heterocycles. The van der Waals surface area contributed by atoms with Gasteiger partial charge in [0, 0.05) is 19.0 Å². The van der Waals surface area contributed by atoms with Gasteiger partial charge in [0.25, 0.3) is 0 Å². The van der Waals surface area contributed by atoms with Gasteiger partial charge in [-0.2, -0.15) is 0 Å². The number of rotatable bonds is 3. The Morgan fingerprint density at radius 1 is 1.45 bits per heavy atom. The maximum Gasteiger partial charge on any atom is 0.0644 e. The van der Waals surface area contributed by atoms with Gasteiger partial charge >= 0.3 is 0 Å². The van der Waals surface area contributed by atoms with Crippen LogP contribution in [-0.2, 0) is 0 Å². The summed E-state index contributed by atoms with van der Waals surface area (Å²) in [4.78, 5) is 2.39. The summed E-state index contributed by atoms with van der Waals surface area (Å²) in [7, 11) is 0. The van der Waals surface area contributed by atoms with Crippen molar-refractivity contribution >= 4 is 0 Å². The van der Waals surface area contributed by atoms with E-state index in [1.807, 2.05) is 13.8 Å². The molecule has 1 heterocycles. The van der Waals surface area contributed by atoms with Gasteiger partial charge in [0.2, 0.25) is 0 Å². The van der Waals surface area contributed by atoms with Crippen LogP contribution in [0.15, 0.2) is 0 Å². The number of aliphatic hydroxyl groups is 1. The summed E-state index contributed by atoms with van der Waals surface area (Å²) in [5.41, 5.74) is -0.468. The number of hydrogen-bond donors (Lipinski definition) is 1. The minimum atomic E-state index is -0.468. The van der Waals surface area contributed by atoms with Crippen LogP contribution in [0.4, 0.5) is 0 Å². The number of nitrogens with zero attached hydrogens (tertiary/aromatic N) is 1. The quantitative estimate of drug-likeness (QED) is 0.663. The normalized spacial score (nSPS) is 21.8. The molecule has 1 aliphatic rings. The van der Waals surface area contributed by atoms with Crippen molar-refractivity contribution in [3.8, 4) is 0 Å². The lowest BCUT2D eigenvalue weighted by Crippen LogP contribution is -2.55. The van der Waals surface area contributed by atoms with Crippen molar-refractivity contribution in [3.05, 3.63) is 0 Å². The summed E-state index contributed by atoms with van der Waals surface area (Å²) in [5, 5.41) is 9.60. The molecule has 2 heteroatoms. The zero-order valence-electron chi connectivity index (χ0n) is 7.80. The average Bonchev–Trinajstić information content (AvgIpc) is 1.74. The van der Waals surface area contributed by atoms with Crippen LogP contribution >= 0.6 is 0 Å². The minimum Gasteiger partial charge on any atom is -0.390 e. The summed E-state index contributed by atoms with van der Waals surface area (Å²) in [5.74, 6) is 0.494. The van der Waals surface area contributed by atoms with Gasteiger partial charge in [-0.1, -0.05) is 6.92 Å². The summed E-state index contributed by atoms with van der Waals surface area (Å²) in [6, 6.07) is 0. The standard InChI is InChI=1S/C9H19NO/c1-4-5-10-6-8(7-10)9(2,3)11/h8,11H,4-7H2,1-3H3. The largest absolute Gasteiger partial charge is 0.390 e. The molecule has 0 saturated carbocycles. The van der Waals surface area contributed by atoms with Gasteiger partial charge in [-0.3, -0.25) is 0 Å². The Bertz CT molecular complexity index is 122. The predicted octanol–water partition coefficient (Wildman–Crippen LogP) is 1.10. The first kappa shape index (κ1) is 9.01. The minimum absolute atomic E-state index is 0.468. The van der Waals surface area contributed by atoms with Gasteiger partial charge in [-0.25, -0.2) is 0 Å². The van der Waals surface area contributed by atoms with Crippen LogP contribution in [0.2, 0.25) is 0 Å². The van der Waals surface area contributed by atoms with Crippen LogP contribution in [0.5, 0.6) is 0 Å². The number of hydrogen-bond acceptors (Lipinski definition) is 2. The Morgan fingerprint density at radius 2 is 2.00 bits per heavy atom. The van der Waals surface area contributed by atoms with Crippen molar-refractivity contribution in [3.63, 3.8) is 0 Å². The second-order valence-corrected chi connectivity index (χ2v) is 4.11. The first-order chi connectivity index (χ1) is 5.04. The molecule has 0 aromatic rings. The Kier molecular flexibility index (Phi) is 2.55. The Balaban J connectivity index is 2.19. The van der Waals surface area contributed by atoms with Gasteiger partial charge in [0.05, 0.1) is 5.60 Å². The van der Waals surface area contributed by atoms with E-state index in [1.54, 1.807) is 0 Å². The highest BCUT2D eigenvalue weighted by Crippen LogP contribution is 2.26. The molecule has 0 aliphatic carbocycles. The topological polar surface area (TPSA) is 23.5 Å². The first-order valence-electron chi connectivity index (χ1n) is 4.48. The molecule has 0 unspecified atom stereocenters. The SMILES string of the molecule is CCCN1CC(C(C)(C)O)C1. The van der Waals surface area contributed by atoms with Crippen molar-refractivity contribution in [2.45, 2.75) is 32.8 Å². The molecule has 1 saturated heterocycles.